The summed E-state index contributed by atoms with van der Waals surface area (Å²) in [5.74, 6) is -0.893. The van der Waals surface area contributed by atoms with Crippen molar-refractivity contribution < 1.29 is 18.3 Å². The van der Waals surface area contributed by atoms with E-state index in [2.05, 4.69) is 10.6 Å². The molecular weight excluding hydrogens is 278 g/mol. The number of rotatable bonds is 6. The molecular formula is C15H22F2N2O2. The molecule has 6 heteroatoms. The van der Waals surface area contributed by atoms with Gasteiger partial charge in [-0.05, 0) is 51.9 Å². The first-order valence-corrected chi connectivity index (χ1v) is 6.89. The predicted octanol–water partition coefficient (Wildman–Crippen LogP) is 2.97. The lowest BCUT2D eigenvalue weighted by molar-refractivity contribution is 0.0527. The molecule has 2 N–H and O–H groups in total. The number of ether oxygens (including phenoxy) is 1. The summed E-state index contributed by atoms with van der Waals surface area (Å²) in [4.78, 5) is 11.3. The molecule has 0 saturated carbocycles. The van der Waals surface area contributed by atoms with Crippen molar-refractivity contribution in [3.8, 4) is 0 Å². The Labute approximate surface area is 123 Å². The standard InChI is InChI=1S/C15H22F2N2O2/c1-15(2,3)21-14(20)19-8-4-7-18-10-11-9-12(16)5-6-13(11)17/h5-6,9,18H,4,7-8,10H2,1-3H3,(H,19,20). The van der Waals surface area contributed by atoms with Crippen molar-refractivity contribution in [2.75, 3.05) is 13.1 Å². The zero-order valence-corrected chi connectivity index (χ0v) is 12.6. The summed E-state index contributed by atoms with van der Waals surface area (Å²) in [6.07, 6.45) is 0.203. The van der Waals surface area contributed by atoms with Gasteiger partial charge in [-0.1, -0.05) is 0 Å². The quantitative estimate of drug-likeness (QED) is 0.794. The van der Waals surface area contributed by atoms with Crippen LogP contribution in [0.5, 0.6) is 0 Å². The first-order valence-electron chi connectivity index (χ1n) is 6.89. The van der Waals surface area contributed by atoms with Crippen molar-refractivity contribution in [1.29, 1.82) is 0 Å². The van der Waals surface area contributed by atoms with Crippen LogP contribution in [-0.2, 0) is 11.3 Å². The van der Waals surface area contributed by atoms with Crippen LogP contribution in [0.1, 0.15) is 32.8 Å². The van der Waals surface area contributed by atoms with Crippen LogP contribution in [0.3, 0.4) is 0 Å². The van der Waals surface area contributed by atoms with Gasteiger partial charge in [0.2, 0.25) is 0 Å². The molecule has 0 radical (unpaired) electrons. The number of alkyl carbamates (subject to hydrolysis) is 1. The maximum absolute atomic E-state index is 13.3. The summed E-state index contributed by atoms with van der Waals surface area (Å²) in [6, 6.07) is 3.36. The Morgan fingerprint density at radius 1 is 1.24 bits per heavy atom. The average Bonchev–Trinajstić information content (AvgIpc) is 2.35. The van der Waals surface area contributed by atoms with Crippen LogP contribution in [-0.4, -0.2) is 24.8 Å². The van der Waals surface area contributed by atoms with Crippen LogP contribution >= 0.6 is 0 Å². The third-order valence-electron chi connectivity index (χ3n) is 2.52. The van der Waals surface area contributed by atoms with Crippen molar-refractivity contribution >= 4 is 6.09 Å². The summed E-state index contributed by atoms with van der Waals surface area (Å²) < 4.78 is 31.4. The number of nitrogens with one attached hydrogen (secondary N) is 2. The van der Waals surface area contributed by atoms with Crippen molar-refractivity contribution in [2.24, 2.45) is 0 Å². The maximum atomic E-state index is 13.3. The van der Waals surface area contributed by atoms with Gasteiger partial charge in [0, 0.05) is 18.7 Å². The highest BCUT2D eigenvalue weighted by Gasteiger charge is 2.15. The molecule has 118 valence electrons. The first-order chi connectivity index (χ1) is 9.78. The molecule has 1 rings (SSSR count). The van der Waals surface area contributed by atoms with Gasteiger partial charge in [-0.2, -0.15) is 0 Å². The monoisotopic (exact) mass is 300 g/mol. The normalized spacial score (nSPS) is 11.3. The number of hydrogen-bond donors (Lipinski definition) is 2. The molecule has 21 heavy (non-hydrogen) atoms. The van der Waals surface area contributed by atoms with Gasteiger partial charge in [0.05, 0.1) is 0 Å². The summed E-state index contributed by atoms with van der Waals surface area (Å²) in [6.45, 7) is 6.65. The molecule has 0 atom stereocenters. The van der Waals surface area contributed by atoms with Crippen LogP contribution in [0.15, 0.2) is 18.2 Å². The fourth-order valence-electron chi connectivity index (χ4n) is 1.62. The second-order valence-electron chi connectivity index (χ2n) is 5.69. The van der Waals surface area contributed by atoms with E-state index in [1.54, 1.807) is 20.8 Å². The largest absolute Gasteiger partial charge is 0.444 e. The van der Waals surface area contributed by atoms with Gasteiger partial charge in [0.25, 0.3) is 0 Å². The molecule has 0 fully saturated rings. The molecule has 4 nitrogen and oxygen atoms in total. The van der Waals surface area contributed by atoms with E-state index in [4.69, 9.17) is 4.74 Å². The number of carbonyl (C=O) groups is 1. The molecule has 1 aromatic rings. The van der Waals surface area contributed by atoms with E-state index in [9.17, 15) is 13.6 Å². The molecule has 0 heterocycles. The molecule has 0 bridgehead atoms. The van der Waals surface area contributed by atoms with E-state index in [0.717, 1.165) is 12.1 Å². The van der Waals surface area contributed by atoms with Crippen molar-refractivity contribution in [1.82, 2.24) is 10.6 Å². The Morgan fingerprint density at radius 2 is 1.95 bits per heavy atom. The van der Waals surface area contributed by atoms with Crippen LogP contribution in [0.4, 0.5) is 13.6 Å². The third kappa shape index (κ3) is 7.60. The topological polar surface area (TPSA) is 50.4 Å². The lowest BCUT2D eigenvalue weighted by atomic mass is 10.2. The van der Waals surface area contributed by atoms with Gasteiger partial charge in [-0.3, -0.25) is 0 Å². The van der Waals surface area contributed by atoms with E-state index in [0.29, 0.717) is 19.5 Å². The second-order valence-corrected chi connectivity index (χ2v) is 5.69. The Hall–Kier alpha value is -1.69. The van der Waals surface area contributed by atoms with Gasteiger partial charge in [-0.25, -0.2) is 13.6 Å². The summed E-state index contributed by atoms with van der Waals surface area (Å²) in [5.41, 5.74) is -0.229. The summed E-state index contributed by atoms with van der Waals surface area (Å²) in [5, 5.41) is 5.62. The van der Waals surface area contributed by atoms with Crippen molar-refractivity contribution in [2.45, 2.75) is 39.3 Å². The van der Waals surface area contributed by atoms with Gasteiger partial charge >= 0.3 is 6.09 Å². The molecule has 0 aliphatic carbocycles. The molecule has 1 amide bonds. The van der Waals surface area contributed by atoms with Gasteiger partial charge in [0.1, 0.15) is 17.2 Å². The smallest absolute Gasteiger partial charge is 0.407 e. The van der Waals surface area contributed by atoms with Crippen LogP contribution < -0.4 is 10.6 Å². The van der Waals surface area contributed by atoms with E-state index < -0.39 is 23.3 Å². The predicted molar refractivity (Wildman–Crippen MR) is 76.9 cm³/mol. The number of benzene rings is 1. The highest BCUT2D eigenvalue weighted by atomic mass is 19.1. The maximum Gasteiger partial charge on any atom is 0.407 e. The van der Waals surface area contributed by atoms with E-state index in [-0.39, 0.29) is 12.1 Å². The highest BCUT2D eigenvalue weighted by molar-refractivity contribution is 5.67. The highest BCUT2D eigenvalue weighted by Crippen LogP contribution is 2.09. The zero-order chi connectivity index (χ0) is 15.9. The zero-order valence-electron chi connectivity index (χ0n) is 12.6. The van der Waals surface area contributed by atoms with Crippen LogP contribution in [0.2, 0.25) is 0 Å². The Kier molecular flexibility index (Phi) is 6.55. The number of amides is 1. The SMILES string of the molecule is CC(C)(C)OC(=O)NCCCNCc1cc(F)ccc1F. The van der Waals surface area contributed by atoms with Crippen molar-refractivity contribution in [3.05, 3.63) is 35.4 Å². The van der Waals surface area contributed by atoms with Gasteiger partial charge < -0.3 is 15.4 Å². The number of hydrogen-bond acceptors (Lipinski definition) is 3. The third-order valence-corrected chi connectivity index (χ3v) is 2.52. The van der Waals surface area contributed by atoms with E-state index >= 15 is 0 Å². The molecule has 0 aromatic heterocycles. The molecule has 1 aromatic carbocycles. The molecule has 0 spiro atoms. The summed E-state index contributed by atoms with van der Waals surface area (Å²) >= 11 is 0. The first kappa shape index (κ1) is 17.4. The fourth-order valence-corrected chi connectivity index (χ4v) is 1.62. The van der Waals surface area contributed by atoms with Crippen molar-refractivity contribution in [3.63, 3.8) is 0 Å². The molecule has 0 aliphatic heterocycles. The second kappa shape index (κ2) is 7.93. The van der Waals surface area contributed by atoms with Gasteiger partial charge in [0.15, 0.2) is 0 Å². The van der Waals surface area contributed by atoms with Crippen LogP contribution in [0, 0.1) is 11.6 Å². The van der Waals surface area contributed by atoms with Crippen LogP contribution in [0.25, 0.3) is 0 Å². The lowest BCUT2D eigenvalue weighted by Gasteiger charge is -2.19. The number of halogens is 2. The van der Waals surface area contributed by atoms with Gasteiger partial charge in [-0.15, -0.1) is 0 Å². The molecule has 0 aliphatic rings. The lowest BCUT2D eigenvalue weighted by Crippen LogP contribution is -2.33. The van der Waals surface area contributed by atoms with E-state index in [1.165, 1.54) is 6.07 Å². The minimum atomic E-state index is -0.517. The Bertz CT molecular complexity index is 473. The molecule has 0 unspecified atom stereocenters. The summed E-state index contributed by atoms with van der Waals surface area (Å²) in [7, 11) is 0. The molecule has 0 saturated heterocycles. The Morgan fingerprint density at radius 3 is 2.62 bits per heavy atom. The van der Waals surface area contributed by atoms with E-state index in [1.807, 2.05) is 0 Å². The minimum Gasteiger partial charge on any atom is -0.444 e. The fraction of sp³-hybridized carbons (Fsp3) is 0.533. The average molecular weight is 300 g/mol. The number of carbonyl (C=O) groups excluding carboxylic acids is 1. The minimum absolute atomic E-state index is 0.246. The Balaban J connectivity index is 2.15.